The highest BCUT2D eigenvalue weighted by atomic mass is 32.2. The van der Waals surface area contributed by atoms with Gasteiger partial charge in [-0.3, -0.25) is 9.59 Å². The van der Waals surface area contributed by atoms with Crippen LogP contribution in [-0.4, -0.2) is 41.6 Å². The molecule has 0 aromatic heterocycles. The average molecular weight is 702 g/mol. The zero-order valence-electron chi connectivity index (χ0n) is 28.3. The number of ether oxygens (including phenoxy) is 3. The lowest BCUT2D eigenvalue weighted by atomic mass is 9.50. The average Bonchev–Trinajstić information content (AvgIpc) is 3.73. The second-order valence-corrected chi connectivity index (χ2v) is 17.5. The lowest BCUT2D eigenvalue weighted by Gasteiger charge is -2.59. The number of benzene rings is 3. The molecule has 9 heteroatoms. The number of alkyl halides is 2. The summed E-state index contributed by atoms with van der Waals surface area (Å²) in [7, 11) is -0.0146. The Hall–Kier alpha value is -3.72. The molecule has 1 saturated heterocycles. The first-order valence-electron chi connectivity index (χ1n) is 17.9. The standard InChI is InChI=1S/C23H28F2O6.C18H15S/c1-22(11-4-9-3-10(6-11)7-12(22)5-9)31-20(27)16-14-8-13-15(16)19(26)29-17(13)18(14)30-21(28)23(2,24)25;1-4-10-16(11-5-1)19(17-12-6-2-7-13-17)18-14-8-3-9-15-18/h9-18H,3-8H2,1-2H3;1-15H/q;+1. The first-order chi connectivity index (χ1) is 24.0. The molecule has 3 aromatic carbocycles. The summed E-state index contributed by atoms with van der Waals surface area (Å²) in [5.74, 6) is -6.36. The van der Waals surface area contributed by atoms with Gasteiger partial charge in [0.1, 0.15) is 17.8 Å². The number of esters is 3. The molecule has 6 bridgehead atoms. The molecule has 50 heavy (non-hydrogen) atoms. The van der Waals surface area contributed by atoms with Crippen LogP contribution in [0.2, 0.25) is 0 Å². The number of fused-ring (bicyclic) bond motifs is 1. The van der Waals surface area contributed by atoms with E-state index in [1.165, 1.54) is 21.1 Å². The summed E-state index contributed by atoms with van der Waals surface area (Å²) in [6.45, 7) is 2.51. The Morgan fingerprint density at radius 2 is 1.24 bits per heavy atom. The minimum Gasteiger partial charge on any atom is -0.459 e. The largest absolute Gasteiger partial charge is 0.459 e. The van der Waals surface area contributed by atoms with Crippen molar-refractivity contribution in [2.75, 3.05) is 0 Å². The van der Waals surface area contributed by atoms with Crippen molar-refractivity contribution >= 4 is 28.8 Å². The van der Waals surface area contributed by atoms with Crippen LogP contribution >= 0.6 is 0 Å². The maximum absolute atomic E-state index is 13.5. The van der Waals surface area contributed by atoms with Crippen molar-refractivity contribution in [1.29, 1.82) is 0 Å². The molecular formula is C41H43F2O6S+. The SMILES string of the molecule is CC(F)(F)C(=O)OC1C2CC3C1OC(=O)C3C2C(=O)OC1(C)C2CC3CC(C2)CC1C3.c1ccc([S+](c2ccccc2)c2ccccc2)cc1. The zero-order chi connectivity index (χ0) is 34.8. The fourth-order valence-corrected chi connectivity index (χ4v) is 12.4. The van der Waals surface area contributed by atoms with Gasteiger partial charge in [0, 0.05) is 18.8 Å². The number of carbonyl (C=O) groups is 3. The summed E-state index contributed by atoms with van der Waals surface area (Å²) in [5.41, 5.74) is -0.545. The van der Waals surface area contributed by atoms with Gasteiger partial charge in [0.05, 0.1) is 22.7 Å². The molecular weight excluding hydrogens is 659 g/mol. The highest BCUT2D eigenvalue weighted by Gasteiger charge is 2.71. The minimum absolute atomic E-state index is 0.0146. The number of hydrogen-bond acceptors (Lipinski definition) is 6. The molecule has 1 heterocycles. The van der Waals surface area contributed by atoms with Gasteiger partial charge in [-0.05, 0) is 106 Å². The van der Waals surface area contributed by atoms with Crippen molar-refractivity contribution in [2.24, 2.45) is 47.3 Å². The van der Waals surface area contributed by atoms with Gasteiger partial charge in [-0.15, -0.1) is 0 Å². The third-order valence-electron chi connectivity index (χ3n) is 12.4. The Morgan fingerprint density at radius 1 is 0.760 bits per heavy atom. The molecule has 10 rings (SSSR count). The molecule has 262 valence electrons. The quantitative estimate of drug-likeness (QED) is 0.142. The van der Waals surface area contributed by atoms with E-state index in [4.69, 9.17) is 14.2 Å². The molecule has 6 atom stereocenters. The molecule has 6 nitrogen and oxygen atoms in total. The molecule has 6 saturated carbocycles. The summed E-state index contributed by atoms with van der Waals surface area (Å²) in [6, 6.07) is 32.2. The lowest BCUT2D eigenvalue weighted by Crippen LogP contribution is -2.59. The number of carbonyl (C=O) groups excluding carboxylic acids is 3. The van der Waals surface area contributed by atoms with Gasteiger partial charge in [-0.25, -0.2) is 4.79 Å². The van der Waals surface area contributed by atoms with E-state index in [1.807, 2.05) is 6.92 Å². The van der Waals surface area contributed by atoms with E-state index in [9.17, 15) is 23.2 Å². The van der Waals surface area contributed by atoms with Gasteiger partial charge in [0.25, 0.3) is 0 Å². The third-order valence-corrected chi connectivity index (χ3v) is 14.7. The molecule has 0 radical (unpaired) electrons. The Bertz CT molecular complexity index is 1610. The van der Waals surface area contributed by atoms with Crippen molar-refractivity contribution in [3.63, 3.8) is 0 Å². The Balaban J connectivity index is 0.000000163. The molecule has 0 N–H and O–H groups in total. The Labute approximate surface area is 294 Å². The minimum atomic E-state index is -3.65. The van der Waals surface area contributed by atoms with Crippen molar-refractivity contribution < 1.29 is 37.4 Å². The molecule has 7 aliphatic rings. The van der Waals surface area contributed by atoms with Crippen LogP contribution in [-0.2, 0) is 39.5 Å². The van der Waals surface area contributed by atoms with Crippen LogP contribution in [0, 0.1) is 47.3 Å². The summed E-state index contributed by atoms with van der Waals surface area (Å²) in [4.78, 5) is 41.9. The fourth-order valence-electron chi connectivity index (χ4n) is 10.3. The highest BCUT2D eigenvalue weighted by Crippen LogP contribution is 2.62. The second kappa shape index (κ2) is 12.8. The summed E-state index contributed by atoms with van der Waals surface area (Å²) in [6.07, 6.45) is 4.28. The third kappa shape index (κ3) is 5.83. The van der Waals surface area contributed by atoms with E-state index < -0.39 is 59.4 Å². The fraction of sp³-hybridized carbons (Fsp3) is 0.488. The maximum Gasteiger partial charge on any atom is 0.377 e. The van der Waals surface area contributed by atoms with Crippen LogP contribution < -0.4 is 0 Å². The predicted octanol–water partition coefficient (Wildman–Crippen LogP) is 7.90. The van der Waals surface area contributed by atoms with Gasteiger partial charge in [0.15, 0.2) is 14.7 Å². The molecule has 7 fully saturated rings. The molecule has 3 aromatic rings. The summed E-state index contributed by atoms with van der Waals surface area (Å²) < 4.78 is 43.6. The van der Waals surface area contributed by atoms with E-state index >= 15 is 0 Å². The topological polar surface area (TPSA) is 78.9 Å². The van der Waals surface area contributed by atoms with Crippen LogP contribution in [0.1, 0.15) is 52.4 Å². The first kappa shape index (κ1) is 33.4. The molecule has 0 amide bonds. The highest BCUT2D eigenvalue weighted by molar-refractivity contribution is 7.97. The van der Waals surface area contributed by atoms with Gasteiger partial charge in [-0.2, -0.15) is 8.78 Å². The number of halogens is 2. The van der Waals surface area contributed by atoms with Gasteiger partial charge < -0.3 is 14.2 Å². The number of rotatable bonds is 7. The molecule has 6 aliphatic carbocycles. The van der Waals surface area contributed by atoms with E-state index in [0.717, 1.165) is 37.5 Å². The lowest BCUT2D eigenvalue weighted by molar-refractivity contribution is -0.212. The van der Waals surface area contributed by atoms with Crippen molar-refractivity contribution in [2.45, 2.75) is 90.8 Å². The summed E-state index contributed by atoms with van der Waals surface area (Å²) >= 11 is 0. The van der Waals surface area contributed by atoms with Crippen LogP contribution in [0.15, 0.2) is 106 Å². The van der Waals surface area contributed by atoms with Crippen LogP contribution in [0.3, 0.4) is 0 Å². The Kier molecular flexibility index (Phi) is 8.56. The van der Waals surface area contributed by atoms with E-state index in [1.54, 1.807) is 0 Å². The normalized spacial score (nSPS) is 35.7. The van der Waals surface area contributed by atoms with Gasteiger partial charge >= 0.3 is 23.8 Å². The zero-order valence-corrected chi connectivity index (χ0v) is 29.1. The van der Waals surface area contributed by atoms with Crippen molar-refractivity contribution in [3.8, 4) is 0 Å². The van der Waals surface area contributed by atoms with Gasteiger partial charge in [0.2, 0.25) is 0 Å². The maximum atomic E-state index is 13.5. The monoisotopic (exact) mass is 701 g/mol. The molecule has 1 aliphatic heterocycles. The second-order valence-electron chi connectivity index (χ2n) is 15.4. The first-order valence-corrected chi connectivity index (χ1v) is 19.2. The smallest absolute Gasteiger partial charge is 0.377 e. The predicted molar refractivity (Wildman–Crippen MR) is 182 cm³/mol. The van der Waals surface area contributed by atoms with E-state index in [0.29, 0.717) is 25.2 Å². The Morgan fingerprint density at radius 3 is 1.70 bits per heavy atom. The van der Waals surface area contributed by atoms with Crippen molar-refractivity contribution in [3.05, 3.63) is 91.0 Å². The van der Waals surface area contributed by atoms with Crippen LogP contribution in [0.25, 0.3) is 0 Å². The van der Waals surface area contributed by atoms with Crippen LogP contribution in [0.4, 0.5) is 8.78 Å². The number of hydrogen-bond donors (Lipinski definition) is 0. The summed E-state index contributed by atoms with van der Waals surface area (Å²) in [5, 5.41) is 0. The molecule has 0 spiro atoms. The van der Waals surface area contributed by atoms with E-state index in [2.05, 4.69) is 91.0 Å². The molecule has 6 unspecified atom stereocenters. The van der Waals surface area contributed by atoms with Crippen LogP contribution in [0.5, 0.6) is 0 Å². The van der Waals surface area contributed by atoms with E-state index in [-0.39, 0.29) is 16.8 Å². The van der Waals surface area contributed by atoms with Gasteiger partial charge in [-0.1, -0.05) is 54.6 Å². The van der Waals surface area contributed by atoms with Crippen molar-refractivity contribution in [1.82, 2.24) is 0 Å².